The van der Waals surface area contributed by atoms with Crippen molar-refractivity contribution in [2.75, 3.05) is 6.54 Å². The molecule has 3 aromatic carbocycles. The van der Waals surface area contributed by atoms with Gasteiger partial charge in [-0.1, -0.05) is 66.7 Å². The summed E-state index contributed by atoms with van der Waals surface area (Å²) in [5, 5.41) is 12.8. The van der Waals surface area contributed by atoms with E-state index in [1.165, 1.54) is 24.3 Å². The molecule has 3 rings (SSSR count). The highest BCUT2D eigenvalue weighted by molar-refractivity contribution is 7.89. The average molecular weight is 425 g/mol. The van der Waals surface area contributed by atoms with Gasteiger partial charge in [0.2, 0.25) is 10.0 Å². The van der Waals surface area contributed by atoms with Crippen molar-refractivity contribution in [3.8, 4) is 0 Å². The lowest BCUT2D eigenvalue weighted by molar-refractivity contribution is 0.0916. The van der Waals surface area contributed by atoms with Gasteiger partial charge < -0.3 is 10.4 Å². The van der Waals surface area contributed by atoms with Gasteiger partial charge in [-0.25, -0.2) is 13.1 Å². The first kappa shape index (κ1) is 21.7. The van der Waals surface area contributed by atoms with Crippen LogP contribution in [-0.4, -0.2) is 26.0 Å². The van der Waals surface area contributed by atoms with Crippen LogP contribution in [0.25, 0.3) is 0 Å². The highest BCUT2D eigenvalue weighted by Gasteiger charge is 2.20. The molecule has 3 N–H and O–H groups in total. The van der Waals surface area contributed by atoms with E-state index in [0.717, 1.165) is 5.56 Å². The number of rotatable bonds is 8. The van der Waals surface area contributed by atoms with Crippen LogP contribution in [0.5, 0.6) is 0 Å². The molecule has 6 nitrogen and oxygen atoms in total. The van der Waals surface area contributed by atoms with Gasteiger partial charge in [-0.15, -0.1) is 0 Å². The summed E-state index contributed by atoms with van der Waals surface area (Å²) >= 11 is 0. The van der Waals surface area contributed by atoms with E-state index < -0.39 is 28.1 Å². The summed E-state index contributed by atoms with van der Waals surface area (Å²) in [6.07, 6.45) is -0.851. The van der Waals surface area contributed by atoms with Gasteiger partial charge in [0.15, 0.2) is 0 Å². The number of benzene rings is 3. The summed E-state index contributed by atoms with van der Waals surface area (Å²) in [5.41, 5.74) is 1.73. The Morgan fingerprint density at radius 3 is 2.13 bits per heavy atom. The van der Waals surface area contributed by atoms with Crippen molar-refractivity contribution >= 4 is 15.9 Å². The lowest BCUT2D eigenvalue weighted by Gasteiger charge is -2.15. The first-order chi connectivity index (χ1) is 14.4. The Bertz CT molecular complexity index is 1090. The van der Waals surface area contributed by atoms with Crippen molar-refractivity contribution < 1.29 is 18.3 Å². The Balaban J connectivity index is 1.68. The fourth-order valence-corrected chi connectivity index (χ4v) is 4.28. The van der Waals surface area contributed by atoms with Crippen LogP contribution in [-0.2, 0) is 10.0 Å². The summed E-state index contributed by atoms with van der Waals surface area (Å²) in [6.45, 7) is 1.78. The zero-order chi connectivity index (χ0) is 21.6. The second-order valence-corrected chi connectivity index (χ2v) is 8.63. The Morgan fingerprint density at radius 1 is 0.900 bits per heavy atom. The topological polar surface area (TPSA) is 95.5 Å². The first-order valence-electron chi connectivity index (χ1n) is 9.55. The maximum Gasteiger partial charge on any atom is 0.251 e. The van der Waals surface area contributed by atoms with Crippen LogP contribution in [0.3, 0.4) is 0 Å². The Labute approximate surface area is 176 Å². The predicted octanol–water partition coefficient (Wildman–Crippen LogP) is 3.19. The van der Waals surface area contributed by atoms with Crippen LogP contribution in [0.15, 0.2) is 89.8 Å². The van der Waals surface area contributed by atoms with E-state index in [9.17, 15) is 18.3 Å². The standard InChI is InChI=1S/C23H24N2O4S/c1-17(18-9-4-2-5-10-18)25-30(28,29)21-14-8-13-20(15-21)23(27)24-16-22(26)19-11-6-3-7-12-19/h2-15,17,22,25-26H,16H2,1H3,(H,24,27). The number of nitrogens with one attached hydrogen (secondary N) is 2. The van der Waals surface area contributed by atoms with Crippen molar-refractivity contribution in [2.24, 2.45) is 0 Å². The number of sulfonamides is 1. The maximum absolute atomic E-state index is 12.8. The molecule has 30 heavy (non-hydrogen) atoms. The largest absolute Gasteiger partial charge is 0.387 e. The molecular formula is C23H24N2O4S. The van der Waals surface area contributed by atoms with Crippen LogP contribution >= 0.6 is 0 Å². The van der Waals surface area contributed by atoms with Crippen LogP contribution in [0.4, 0.5) is 0 Å². The smallest absolute Gasteiger partial charge is 0.251 e. The highest BCUT2D eigenvalue weighted by atomic mass is 32.2. The zero-order valence-electron chi connectivity index (χ0n) is 16.5. The molecule has 2 atom stereocenters. The quantitative estimate of drug-likeness (QED) is 0.518. The molecule has 0 saturated carbocycles. The number of aliphatic hydroxyl groups is 1. The number of amides is 1. The van der Waals surface area contributed by atoms with Gasteiger partial charge in [-0.05, 0) is 36.2 Å². The maximum atomic E-state index is 12.8. The molecular weight excluding hydrogens is 400 g/mol. The van der Waals surface area contributed by atoms with E-state index in [1.807, 2.05) is 36.4 Å². The molecule has 0 radical (unpaired) electrons. The number of hydrogen-bond acceptors (Lipinski definition) is 4. The molecule has 0 aliphatic rings. The van der Waals surface area contributed by atoms with Gasteiger partial charge in [0.05, 0.1) is 11.0 Å². The van der Waals surface area contributed by atoms with Crippen molar-refractivity contribution in [1.29, 1.82) is 0 Å². The summed E-state index contributed by atoms with van der Waals surface area (Å²) < 4.78 is 28.1. The molecule has 3 aromatic rings. The minimum absolute atomic E-state index is 0.00142. The van der Waals surface area contributed by atoms with Gasteiger partial charge in [0.1, 0.15) is 0 Å². The highest BCUT2D eigenvalue weighted by Crippen LogP contribution is 2.18. The fourth-order valence-electron chi connectivity index (χ4n) is 3.00. The van der Waals surface area contributed by atoms with E-state index >= 15 is 0 Å². The Hall–Kier alpha value is -3.00. The van der Waals surface area contributed by atoms with Crippen molar-refractivity contribution in [1.82, 2.24) is 10.0 Å². The summed E-state index contributed by atoms with van der Waals surface area (Å²) in [5.74, 6) is -0.460. The number of carbonyl (C=O) groups is 1. The Morgan fingerprint density at radius 2 is 1.50 bits per heavy atom. The van der Waals surface area contributed by atoms with Crippen LogP contribution < -0.4 is 10.0 Å². The van der Waals surface area contributed by atoms with Crippen molar-refractivity contribution in [3.05, 3.63) is 102 Å². The summed E-state index contributed by atoms with van der Waals surface area (Å²) in [7, 11) is -3.82. The van der Waals surface area contributed by atoms with E-state index in [-0.39, 0.29) is 17.0 Å². The van der Waals surface area contributed by atoms with Gasteiger partial charge in [0.25, 0.3) is 5.91 Å². The fraction of sp³-hybridized carbons (Fsp3) is 0.174. The molecule has 2 unspecified atom stereocenters. The molecule has 1 amide bonds. The first-order valence-corrected chi connectivity index (χ1v) is 11.0. The monoisotopic (exact) mass is 424 g/mol. The molecule has 0 fully saturated rings. The van der Waals surface area contributed by atoms with E-state index in [4.69, 9.17) is 0 Å². The molecule has 0 bridgehead atoms. The molecule has 0 aromatic heterocycles. The molecule has 0 saturated heterocycles. The third-order valence-electron chi connectivity index (χ3n) is 4.68. The third-order valence-corrected chi connectivity index (χ3v) is 6.22. The van der Waals surface area contributed by atoms with Crippen LogP contribution in [0.1, 0.15) is 40.6 Å². The SMILES string of the molecule is CC(NS(=O)(=O)c1cccc(C(=O)NCC(O)c2ccccc2)c1)c1ccccc1. The van der Waals surface area contributed by atoms with Gasteiger partial charge in [0, 0.05) is 18.2 Å². The number of hydrogen-bond donors (Lipinski definition) is 3. The lowest BCUT2D eigenvalue weighted by atomic mass is 10.1. The van der Waals surface area contributed by atoms with Gasteiger partial charge >= 0.3 is 0 Å². The van der Waals surface area contributed by atoms with Crippen LogP contribution in [0, 0.1) is 0 Å². The molecule has 7 heteroatoms. The molecule has 156 valence electrons. The zero-order valence-corrected chi connectivity index (χ0v) is 17.3. The molecule has 0 aliphatic carbocycles. The van der Waals surface area contributed by atoms with E-state index in [2.05, 4.69) is 10.0 Å². The van der Waals surface area contributed by atoms with Crippen molar-refractivity contribution in [2.45, 2.75) is 24.0 Å². The van der Waals surface area contributed by atoms with E-state index in [0.29, 0.717) is 5.56 Å². The van der Waals surface area contributed by atoms with Gasteiger partial charge in [-0.2, -0.15) is 0 Å². The number of carbonyl (C=O) groups excluding carboxylic acids is 1. The summed E-state index contributed by atoms with van der Waals surface area (Å²) in [6, 6.07) is 23.6. The molecule has 0 aliphatic heterocycles. The second kappa shape index (κ2) is 9.67. The lowest BCUT2D eigenvalue weighted by Crippen LogP contribution is -2.29. The average Bonchev–Trinajstić information content (AvgIpc) is 2.78. The third kappa shape index (κ3) is 5.54. The Kier molecular flexibility index (Phi) is 6.99. The van der Waals surface area contributed by atoms with Crippen LogP contribution in [0.2, 0.25) is 0 Å². The van der Waals surface area contributed by atoms with Crippen molar-refractivity contribution in [3.63, 3.8) is 0 Å². The molecule has 0 heterocycles. The molecule has 0 spiro atoms. The summed E-state index contributed by atoms with van der Waals surface area (Å²) in [4.78, 5) is 12.5. The normalized spacial score (nSPS) is 13.4. The second-order valence-electron chi connectivity index (χ2n) is 6.92. The number of aliphatic hydroxyl groups excluding tert-OH is 1. The van der Waals surface area contributed by atoms with E-state index in [1.54, 1.807) is 31.2 Å². The van der Waals surface area contributed by atoms with Gasteiger partial charge in [-0.3, -0.25) is 4.79 Å². The minimum Gasteiger partial charge on any atom is -0.387 e. The minimum atomic E-state index is -3.82. The predicted molar refractivity (Wildman–Crippen MR) is 115 cm³/mol.